The molecule has 0 radical (unpaired) electrons. The van der Waals surface area contributed by atoms with Gasteiger partial charge in [-0.15, -0.1) is 0 Å². The number of aromatic nitrogens is 1. The van der Waals surface area contributed by atoms with E-state index in [1.807, 2.05) is 12.1 Å². The Balaban J connectivity index is 1.69. The molecule has 25 heavy (non-hydrogen) atoms. The number of rotatable bonds is 5. The van der Waals surface area contributed by atoms with Crippen molar-refractivity contribution in [3.63, 3.8) is 0 Å². The van der Waals surface area contributed by atoms with E-state index in [0.29, 0.717) is 33.7 Å². The number of benzene rings is 1. The Labute approximate surface area is 152 Å². The third-order valence-corrected chi connectivity index (χ3v) is 5.04. The first-order chi connectivity index (χ1) is 12.0. The lowest BCUT2D eigenvalue weighted by molar-refractivity contribution is 0.0899. The zero-order valence-electron chi connectivity index (χ0n) is 14.5. The number of halogens is 1. The van der Waals surface area contributed by atoms with Crippen molar-refractivity contribution in [3.8, 4) is 5.75 Å². The van der Waals surface area contributed by atoms with Crippen LogP contribution in [0.4, 0.5) is 0 Å². The van der Waals surface area contributed by atoms with Crippen molar-refractivity contribution in [1.29, 1.82) is 0 Å². The first kappa shape index (κ1) is 17.8. The third-order valence-electron chi connectivity index (χ3n) is 4.81. The minimum absolute atomic E-state index is 0.194. The van der Waals surface area contributed by atoms with Crippen molar-refractivity contribution in [2.75, 3.05) is 0 Å². The van der Waals surface area contributed by atoms with Gasteiger partial charge in [-0.3, -0.25) is 4.79 Å². The van der Waals surface area contributed by atoms with Crippen LogP contribution in [0.2, 0.25) is 5.02 Å². The summed E-state index contributed by atoms with van der Waals surface area (Å²) < 4.78 is 11.0. The lowest BCUT2D eigenvalue weighted by atomic mass is 9.86. The van der Waals surface area contributed by atoms with Crippen molar-refractivity contribution in [1.82, 2.24) is 10.5 Å². The van der Waals surface area contributed by atoms with Crippen molar-refractivity contribution in [2.45, 2.75) is 52.2 Å². The summed E-state index contributed by atoms with van der Waals surface area (Å²) in [5.41, 5.74) is 0.971. The Morgan fingerprint density at radius 2 is 2.20 bits per heavy atom. The molecule has 2 atom stereocenters. The molecule has 1 aromatic carbocycles. The molecular formula is C19H23ClN2O3. The highest BCUT2D eigenvalue weighted by molar-refractivity contribution is 6.30. The molecule has 5 nitrogen and oxygen atoms in total. The second-order valence-corrected chi connectivity index (χ2v) is 7.09. The second-order valence-electron chi connectivity index (χ2n) is 6.65. The van der Waals surface area contributed by atoms with Gasteiger partial charge in [0.1, 0.15) is 18.1 Å². The fourth-order valence-corrected chi connectivity index (χ4v) is 3.40. The zero-order valence-corrected chi connectivity index (χ0v) is 15.3. The normalized spacial score (nSPS) is 20.3. The van der Waals surface area contributed by atoms with E-state index in [-0.39, 0.29) is 18.6 Å². The molecule has 6 heteroatoms. The smallest absolute Gasteiger partial charge is 0.274 e. The standard InChI is InChI=1S/C19H23ClN2O3/c1-12-6-3-4-9-17(12)21-19(23)18-16(13(2)25-22-18)11-24-15-8-5-7-14(20)10-15/h5,7-8,10,12,17H,3-4,6,9,11H2,1-2H3,(H,21,23). The predicted octanol–water partition coefficient (Wildman–Crippen LogP) is 4.52. The van der Waals surface area contributed by atoms with Crippen molar-refractivity contribution >= 4 is 17.5 Å². The highest BCUT2D eigenvalue weighted by Crippen LogP contribution is 2.25. The summed E-state index contributed by atoms with van der Waals surface area (Å²) in [5, 5.41) is 7.65. The number of carbonyl (C=O) groups is 1. The van der Waals surface area contributed by atoms with Crippen LogP contribution in [0.3, 0.4) is 0 Å². The Morgan fingerprint density at radius 3 is 2.96 bits per heavy atom. The number of amides is 1. The summed E-state index contributed by atoms with van der Waals surface area (Å²) in [4.78, 5) is 12.6. The van der Waals surface area contributed by atoms with Crippen molar-refractivity contribution in [2.24, 2.45) is 5.92 Å². The number of hydrogen-bond acceptors (Lipinski definition) is 4. The van der Waals surface area contributed by atoms with E-state index in [4.69, 9.17) is 20.9 Å². The molecule has 1 aliphatic rings. The molecule has 1 amide bonds. The molecular weight excluding hydrogens is 340 g/mol. The Hall–Kier alpha value is -2.01. The minimum Gasteiger partial charge on any atom is -0.489 e. The maximum absolute atomic E-state index is 12.6. The van der Waals surface area contributed by atoms with E-state index in [1.54, 1.807) is 19.1 Å². The molecule has 1 fully saturated rings. The van der Waals surface area contributed by atoms with Gasteiger partial charge in [0.2, 0.25) is 0 Å². The molecule has 0 aliphatic heterocycles. The van der Waals surface area contributed by atoms with Crippen molar-refractivity contribution in [3.05, 3.63) is 46.3 Å². The number of aryl methyl sites for hydroxylation is 1. The summed E-state index contributed by atoms with van der Waals surface area (Å²) in [6.07, 6.45) is 4.54. The van der Waals surface area contributed by atoms with Crippen LogP contribution in [0, 0.1) is 12.8 Å². The quantitative estimate of drug-likeness (QED) is 0.849. The Bertz CT molecular complexity index is 744. The number of hydrogen-bond donors (Lipinski definition) is 1. The zero-order chi connectivity index (χ0) is 17.8. The van der Waals surface area contributed by atoms with Crippen LogP contribution in [0.25, 0.3) is 0 Å². The van der Waals surface area contributed by atoms with E-state index < -0.39 is 0 Å². The van der Waals surface area contributed by atoms with Crippen molar-refractivity contribution < 1.29 is 14.1 Å². The molecule has 0 saturated heterocycles. The molecule has 2 aromatic rings. The van der Waals surface area contributed by atoms with Gasteiger partial charge < -0.3 is 14.6 Å². The van der Waals surface area contributed by atoms with E-state index in [2.05, 4.69) is 17.4 Å². The van der Waals surface area contributed by atoms with Crippen LogP contribution < -0.4 is 10.1 Å². The lowest BCUT2D eigenvalue weighted by Gasteiger charge is -2.29. The lowest BCUT2D eigenvalue weighted by Crippen LogP contribution is -2.41. The molecule has 2 unspecified atom stereocenters. The monoisotopic (exact) mass is 362 g/mol. The van der Waals surface area contributed by atoms with Gasteiger partial charge in [0.25, 0.3) is 5.91 Å². The molecule has 1 aromatic heterocycles. The van der Waals surface area contributed by atoms with Gasteiger partial charge >= 0.3 is 0 Å². The molecule has 134 valence electrons. The average molecular weight is 363 g/mol. The Kier molecular flexibility index (Phi) is 5.63. The van der Waals surface area contributed by atoms with E-state index in [0.717, 1.165) is 19.3 Å². The third kappa shape index (κ3) is 4.34. The topological polar surface area (TPSA) is 64.4 Å². The van der Waals surface area contributed by atoms with Gasteiger partial charge in [-0.1, -0.05) is 42.6 Å². The molecule has 0 spiro atoms. The number of nitrogens with zero attached hydrogens (tertiary/aromatic N) is 1. The van der Waals surface area contributed by atoms with Gasteiger partial charge in [-0.05, 0) is 43.9 Å². The van der Waals surface area contributed by atoms with E-state index in [1.165, 1.54) is 6.42 Å². The SMILES string of the molecule is Cc1onc(C(=O)NC2CCCCC2C)c1COc1cccc(Cl)c1. The minimum atomic E-state index is -0.194. The highest BCUT2D eigenvalue weighted by Gasteiger charge is 2.26. The Morgan fingerprint density at radius 1 is 1.40 bits per heavy atom. The number of ether oxygens (including phenoxy) is 1. The predicted molar refractivity (Wildman–Crippen MR) is 95.9 cm³/mol. The first-order valence-corrected chi connectivity index (χ1v) is 9.06. The number of carbonyl (C=O) groups excluding carboxylic acids is 1. The van der Waals surface area contributed by atoms with Gasteiger partial charge in [-0.25, -0.2) is 0 Å². The van der Waals surface area contributed by atoms with E-state index >= 15 is 0 Å². The summed E-state index contributed by atoms with van der Waals surface area (Å²) in [6.45, 7) is 4.17. The largest absolute Gasteiger partial charge is 0.489 e. The summed E-state index contributed by atoms with van der Waals surface area (Å²) in [7, 11) is 0. The van der Waals surface area contributed by atoms with Crippen LogP contribution in [0.1, 0.15) is 54.4 Å². The maximum Gasteiger partial charge on any atom is 0.274 e. The van der Waals surface area contributed by atoms with Crippen LogP contribution in [-0.2, 0) is 6.61 Å². The summed E-state index contributed by atoms with van der Waals surface area (Å²) in [6, 6.07) is 7.34. The highest BCUT2D eigenvalue weighted by atomic mass is 35.5. The van der Waals surface area contributed by atoms with Gasteiger partial charge in [0, 0.05) is 11.1 Å². The van der Waals surface area contributed by atoms with Crippen LogP contribution in [-0.4, -0.2) is 17.1 Å². The van der Waals surface area contributed by atoms with Gasteiger partial charge in [-0.2, -0.15) is 0 Å². The van der Waals surface area contributed by atoms with Crippen LogP contribution in [0.15, 0.2) is 28.8 Å². The fraction of sp³-hybridized carbons (Fsp3) is 0.474. The molecule has 1 aliphatic carbocycles. The fourth-order valence-electron chi connectivity index (χ4n) is 3.22. The van der Waals surface area contributed by atoms with E-state index in [9.17, 15) is 4.79 Å². The average Bonchev–Trinajstić information content (AvgIpc) is 2.96. The van der Waals surface area contributed by atoms with Gasteiger partial charge in [0.05, 0.1) is 5.56 Å². The molecule has 3 rings (SSSR count). The molecule has 0 bridgehead atoms. The maximum atomic E-state index is 12.6. The van der Waals surface area contributed by atoms with Gasteiger partial charge in [0.15, 0.2) is 5.69 Å². The van der Waals surface area contributed by atoms with Crippen LogP contribution in [0.5, 0.6) is 5.75 Å². The number of nitrogens with one attached hydrogen (secondary N) is 1. The summed E-state index contributed by atoms with van der Waals surface area (Å²) in [5.74, 6) is 1.52. The van der Waals surface area contributed by atoms with Crippen LogP contribution >= 0.6 is 11.6 Å². The molecule has 1 saturated carbocycles. The molecule has 1 N–H and O–H groups in total. The summed E-state index contributed by atoms with van der Waals surface area (Å²) >= 11 is 5.97. The molecule has 1 heterocycles. The first-order valence-electron chi connectivity index (χ1n) is 8.69. The second kappa shape index (κ2) is 7.91.